The first kappa shape index (κ1) is 18.3. The molecule has 0 radical (unpaired) electrons. The van der Waals surface area contributed by atoms with Gasteiger partial charge in [0.2, 0.25) is 0 Å². The van der Waals surface area contributed by atoms with Gasteiger partial charge in [-0.2, -0.15) is 0 Å². The monoisotopic (exact) mass is 352 g/mol. The first-order valence-electron chi connectivity index (χ1n) is 7.27. The van der Waals surface area contributed by atoms with Gasteiger partial charge in [0.05, 0.1) is 11.3 Å². The molecule has 2 aromatic carbocycles. The molecular weight excluding hydrogens is 337 g/mol. The molecule has 0 aliphatic heterocycles. The zero-order valence-electron chi connectivity index (χ0n) is 13.4. The van der Waals surface area contributed by atoms with Crippen LogP contribution in [0, 0.1) is 17.5 Å². The lowest BCUT2D eigenvalue weighted by molar-refractivity contribution is -0.123. The molecule has 1 amide bonds. The molecule has 2 aromatic rings. The number of halogens is 3. The van der Waals surface area contributed by atoms with Crippen LogP contribution in [0.5, 0.6) is 0 Å². The number of anilines is 2. The summed E-state index contributed by atoms with van der Waals surface area (Å²) in [6.07, 6.45) is -1.29. The molecule has 0 fully saturated rings. The Hall–Kier alpha value is -3.03. The van der Waals surface area contributed by atoms with E-state index in [4.69, 9.17) is 4.74 Å². The van der Waals surface area contributed by atoms with Crippen molar-refractivity contribution in [1.82, 2.24) is 0 Å². The van der Waals surface area contributed by atoms with Crippen LogP contribution in [-0.4, -0.2) is 25.0 Å². The van der Waals surface area contributed by atoms with E-state index in [1.807, 2.05) is 5.32 Å². The summed E-state index contributed by atoms with van der Waals surface area (Å²) in [4.78, 5) is 24.1. The fourth-order valence-corrected chi connectivity index (χ4v) is 2.01. The van der Waals surface area contributed by atoms with Gasteiger partial charge in [0, 0.05) is 12.7 Å². The summed E-state index contributed by atoms with van der Waals surface area (Å²) in [6, 6.07) is 8.04. The SMILES string of the molecule is CNc1ccccc1C(=O)O[C@@H](C)C(=O)Nc1ccc(F)c(F)c1F. The van der Waals surface area contributed by atoms with Crippen molar-refractivity contribution >= 4 is 23.3 Å². The molecular formula is C17H15F3N2O3. The van der Waals surface area contributed by atoms with Crippen LogP contribution in [0.2, 0.25) is 0 Å². The van der Waals surface area contributed by atoms with Crippen LogP contribution in [0.3, 0.4) is 0 Å². The van der Waals surface area contributed by atoms with E-state index >= 15 is 0 Å². The summed E-state index contributed by atoms with van der Waals surface area (Å²) in [7, 11) is 1.62. The standard InChI is InChI=1S/C17H15F3N2O3/c1-9(25-17(24)10-5-3-4-6-12(10)21-2)16(23)22-13-8-7-11(18)14(19)15(13)20/h3-9,21H,1-2H3,(H,22,23)/t9-/m0/s1. The van der Waals surface area contributed by atoms with Crippen molar-refractivity contribution < 1.29 is 27.5 Å². The van der Waals surface area contributed by atoms with Crippen molar-refractivity contribution in [2.45, 2.75) is 13.0 Å². The van der Waals surface area contributed by atoms with Gasteiger partial charge in [-0.15, -0.1) is 0 Å². The van der Waals surface area contributed by atoms with Crippen LogP contribution in [0.4, 0.5) is 24.5 Å². The van der Waals surface area contributed by atoms with Gasteiger partial charge < -0.3 is 15.4 Å². The summed E-state index contributed by atoms with van der Waals surface area (Å²) < 4.78 is 44.6. The van der Waals surface area contributed by atoms with Crippen molar-refractivity contribution in [3.8, 4) is 0 Å². The Morgan fingerprint density at radius 2 is 1.68 bits per heavy atom. The zero-order chi connectivity index (χ0) is 18.6. The second-order valence-corrected chi connectivity index (χ2v) is 5.06. The average molecular weight is 352 g/mol. The number of ether oxygens (including phenoxy) is 1. The number of para-hydroxylation sites is 1. The van der Waals surface area contributed by atoms with Crippen molar-refractivity contribution in [2.24, 2.45) is 0 Å². The highest BCUT2D eigenvalue weighted by molar-refractivity contribution is 5.99. The molecule has 132 valence electrons. The van der Waals surface area contributed by atoms with Gasteiger partial charge >= 0.3 is 5.97 Å². The third-order valence-electron chi connectivity index (χ3n) is 3.36. The number of hydrogen-bond donors (Lipinski definition) is 2. The Kier molecular flexibility index (Phi) is 5.63. The minimum atomic E-state index is -1.70. The van der Waals surface area contributed by atoms with Crippen LogP contribution < -0.4 is 10.6 Å². The normalized spacial score (nSPS) is 11.6. The smallest absolute Gasteiger partial charge is 0.341 e. The average Bonchev–Trinajstić information content (AvgIpc) is 2.61. The lowest BCUT2D eigenvalue weighted by atomic mass is 10.2. The minimum Gasteiger partial charge on any atom is -0.449 e. The highest BCUT2D eigenvalue weighted by Gasteiger charge is 2.22. The lowest BCUT2D eigenvalue weighted by Crippen LogP contribution is -2.30. The second-order valence-electron chi connectivity index (χ2n) is 5.06. The van der Waals surface area contributed by atoms with Gasteiger partial charge in [-0.1, -0.05) is 12.1 Å². The molecule has 8 heteroatoms. The molecule has 2 rings (SSSR count). The fourth-order valence-electron chi connectivity index (χ4n) is 2.01. The molecule has 0 aromatic heterocycles. The first-order valence-corrected chi connectivity index (χ1v) is 7.27. The third-order valence-corrected chi connectivity index (χ3v) is 3.36. The van der Waals surface area contributed by atoms with Crippen molar-refractivity contribution in [3.05, 3.63) is 59.4 Å². The zero-order valence-corrected chi connectivity index (χ0v) is 13.4. The Bertz CT molecular complexity index is 812. The highest BCUT2D eigenvalue weighted by atomic mass is 19.2. The van der Waals surface area contributed by atoms with Gasteiger partial charge in [0.25, 0.3) is 5.91 Å². The quantitative estimate of drug-likeness (QED) is 0.640. The van der Waals surface area contributed by atoms with Crippen LogP contribution in [-0.2, 0) is 9.53 Å². The van der Waals surface area contributed by atoms with Crippen molar-refractivity contribution in [2.75, 3.05) is 17.7 Å². The number of benzene rings is 2. The summed E-state index contributed by atoms with van der Waals surface area (Å²) in [5, 5.41) is 4.86. The van der Waals surface area contributed by atoms with E-state index in [0.29, 0.717) is 11.8 Å². The Morgan fingerprint density at radius 1 is 1.00 bits per heavy atom. The van der Waals surface area contributed by atoms with Crippen LogP contribution >= 0.6 is 0 Å². The largest absolute Gasteiger partial charge is 0.449 e. The number of carbonyl (C=O) groups excluding carboxylic acids is 2. The number of nitrogens with one attached hydrogen (secondary N) is 2. The maximum atomic E-state index is 13.6. The number of rotatable bonds is 5. The molecule has 0 bridgehead atoms. The molecule has 0 unspecified atom stereocenters. The molecule has 2 N–H and O–H groups in total. The minimum absolute atomic E-state index is 0.212. The molecule has 0 aliphatic rings. The molecule has 5 nitrogen and oxygen atoms in total. The molecule has 0 spiro atoms. The van der Waals surface area contributed by atoms with E-state index in [1.165, 1.54) is 13.0 Å². The van der Waals surface area contributed by atoms with Crippen LogP contribution in [0.15, 0.2) is 36.4 Å². The molecule has 0 heterocycles. The summed E-state index contributed by atoms with van der Waals surface area (Å²) in [6.45, 7) is 1.27. The molecule has 0 saturated heterocycles. The van der Waals surface area contributed by atoms with Gasteiger partial charge in [-0.05, 0) is 31.2 Å². The maximum absolute atomic E-state index is 13.6. The van der Waals surface area contributed by atoms with Crippen LogP contribution in [0.1, 0.15) is 17.3 Å². The van der Waals surface area contributed by atoms with Gasteiger partial charge in [-0.25, -0.2) is 18.0 Å². The number of esters is 1. The van der Waals surface area contributed by atoms with Gasteiger partial charge in [0.15, 0.2) is 23.6 Å². The lowest BCUT2D eigenvalue weighted by Gasteiger charge is -2.15. The van der Waals surface area contributed by atoms with E-state index in [0.717, 1.165) is 6.07 Å². The molecule has 0 aliphatic carbocycles. The Balaban J connectivity index is 2.08. The van der Waals surface area contributed by atoms with E-state index in [-0.39, 0.29) is 5.56 Å². The number of carbonyl (C=O) groups is 2. The number of amides is 1. The predicted octanol–water partition coefficient (Wildman–Crippen LogP) is 3.33. The Morgan fingerprint density at radius 3 is 2.36 bits per heavy atom. The predicted molar refractivity (Wildman–Crippen MR) is 85.8 cm³/mol. The molecule has 25 heavy (non-hydrogen) atoms. The summed E-state index contributed by atoms with van der Waals surface area (Å²) in [5.74, 6) is -6.27. The molecule has 0 saturated carbocycles. The third kappa shape index (κ3) is 4.09. The van der Waals surface area contributed by atoms with Crippen molar-refractivity contribution in [3.63, 3.8) is 0 Å². The van der Waals surface area contributed by atoms with Gasteiger partial charge in [-0.3, -0.25) is 4.79 Å². The Labute approximate surface area is 141 Å². The van der Waals surface area contributed by atoms with Crippen LogP contribution in [0.25, 0.3) is 0 Å². The second kappa shape index (κ2) is 7.69. The van der Waals surface area contributed by atoms with Gasteiger partial charge in [0.1, 0.15) is 0 Å². The fraction of sp³-hybridized carbons (Fsp3) is 0.176. The first-order chi connectivity index (χ1) is 11.8. The number of hydrogen-bond acceptors (Lipinski definition) is 4. The summed E-state index contributed by atoms with van der Waals surface area (Å²) in [5.41, 5.74) is 0.165. The topological polar surface area (TPSA) is 67.4 Å². The van der Waals surface area contributed by atoms with Crippen molar-refractivity contribution in [1.29, 1.82) is 0 Å². The maximum Gasteiger partial charge on any atom is 0.341 e. The summed E-state index contributed by atoms with van der Waals surface area (Å²) >= 11 is 0. The van der Waals surface area contributed by atoms with E-state index in [1.54, 1.807) is 25.2 Å². The van der Waals surface area contributed by atoms with E-state index in [2.05, 4.69) is 5.32 Å². The van der Waals surface area contributed by atoms with E-state index in [9.17, 15) is 22.8 Å². The van der Waals surface area contributed by atoms with E-state index < -0.39 is 41.1 Å². The highest BCUT2D eigenvalue weighted by Crippen LogP contribution is 2.20. The molecule has 1 atom stereocenters.